The van der Waals surface area contributed by atoms with Crippen molar-refractivity contribution in [2.24, 2.45) is 11.8 Å². The smallest absolute Gasteiger partial charge is 0.225 e. The van der Waals surface area contributed by atoms with Gasteiger partial charge in [-0.25, -0.2) is 0 Å². The maximum Gasteiger partial charge on any atom is 0.225 e. The molecule has 124 valence electrons. The predicted octanol–water partition coefficient (Wildman–Crippen LogP) is 2.28. The van der Waals surface area contributed by atoms with Gasteiger partial charge in [-0.2, -0.15) is 0 Å². The van der Waals surface area contributed by atoms with Crippen LogP contribution in [-0.4, -0.2) is 60.6 Å². The highest BCUT2D eigenvalue weighted by molar-refractivity contribution is 5.81. The van der Waals surface area contributed by atoms with E-state index in [2.05, 4.69) is 9.80 Å². The Balaban J connectivity index is 1.42. The average molecular weight is 306 g/mol. The minimum absolute atomic E-state index is 0.367. The summed E-state index contributed by atoms with van der Waals surface area (Å²) in [4.78, 5) is 17.2. The number of piperidine rings is 1. The lowest BCUT2D eigenvalue weighted by atomic mass is 9.84. The predicted molar refractivity (Wildman–Crippen MR) is 85.6 cm³/mol. The van der Waals surface area contributed by atoms with Crippen molar-refractivity contribution in [2.45, 2.75) is 62.9 Å². The Morgan fingerprint density at radius 2 is 1.82 bits per heavy atom. The number of nitrogens with zero attached hydrogens (tertiary/aromatic N) is 2. The van der Waals surface area contributed by atoms with Gasteiger partial charge in [0, 0.05) is 44.2 Å². The summed E-state index contributed by atoms with van der Waals surface area (Å²) in [5.74, 6) is 1.75. The van der Waals surface area contributed by atoms with E-state index < -0.39 is 0 Å². The van der Waals surface area contributed by atoms with E-state index in [-0.39, 0.29) is 0 Å². The van der Waals surface area contributed by atoms with Crippen LogP contribution in [0.2, 0.25) is 0 Å². The number of methoxy groups -OCH3 is 1. The van der Waals surface area contributed by atoms with Gasteiger partial charge in [0.2, 0.25) is 5.91 Å². The molecule has 1 spiro atoms. The highest BCUT2D eigenvalue weighted by Crippen LogP contribution is 2.45. The Morgan fingerprint density at radius 1 is 1.09 bits per heavy atom. The quantitative estimate of drug-likeness (QED) is 0.781. The van der Waals surface area contributed by atoms with Gasteiger partial charge in [0.15, 0.2) is 0 Å². The Labute approximate surface area is 134 Å². The van der Waals surface area contributed by atoms with Gasteiger partial charge in [0.05, 0.1) is 6.61 Å². The fraction of sp³-hybridized carbons (Fsp3) is 0.944. The normalized spacial score (nSPS) is 31.9. The number of amides is 1. The second-order valence-corrected chi connectivity index (χ2v) is 8.07. The van der Waals surface area contributed by atoms with Crippen LogP contribution in [0.25, 0.3) is 0 Å². The molecule has 0 unspecified atom stereocenters. The molecule has 4 nitrogen and oxygen atoms in total. The van der Waals surface area contributed by atoms with Crippen molar-refractivity contribution in [3.05, 3.63) is 0 Å². The van der Waals surface area contributed by atoms with Crippen molar-refractivity contribution < 1.29 is 9.53 Å². The molecule has 0 radical (unpaired) electrons. The van der Waals surface area contributed by atoms with Crippen LogP contribution in [0.4, 0.5) is 0 Å². The molecule has 2 aliphatic carbocycles. The van der Waals surface area contributed by atoms with Crippen LogP contribution in [0.15, 0.2) is 0 Å². The molecule has 0 aromatic heterocycles. The number of hydrogen-bond acceptors (Lipinski definition) is 3. The molecule has 2 saturated carbocycles. The van der Waals surface area contributed by atoms with Gasteiger partial charge in [-0.15, -0.1) is 0 Å². The molecule has 0 bridgehead atoms. The summed E-state index contributed by atoms with van der Waals surface area (Å²) in [7, 11) is 1.83. The summed E-state index contributed by atoms with van der Waals surface area (Å²) >= 11 is 0. The Kier molecular flexibility index (Phi) is 3.93. The maximum atomic E-state index is 12.3. The first kappa shape index (κ1) is 14.9. The van der Waals surface area contributed by atoms with Gasteiger partial charge in [-0.05, 0) is 57.3 Å². The zero-order valence-electron chi connectivity index (χ0n) is 13.9. The van der Waals surface area contributed by atoms with E-state index in [4.69, 9.17) is 4.74 Å². The lowest BCUT2D eigenvalue weighted by molar-refractivity contribution is -0.135. The van der Waals surface area contributed by atoms with Crippen LogP contribution in [0, 0.1) is 11.8 Å². The monoisotopic (exact) mass is 306 g/mol. The van der Waals surface area contributed by atoms with Gasteiger partial charge >= 0.3 is 0 Å². The summed E-state index contributed by atoms with van der Waals surface area (Å²) in [5.41, 5.74) is 0.367. The number of carbonyl (C=O) groups is 1. The van der Waals surface area contributed by atoms with E-state index in [1.165, 1.54) is 45.1 Å². The second-order valence-electron chi connectivity index (χ2n) is 8.07. The molecule has 1 atom stereocenters. The Hall–Kier alpha value is -0.610. The van der Waals surface area contributed by atoms with Gasteiger partial charge < -0.3 is 9.64 Å². The van der Waals surface area contributed by atoms with Crippen LogP contribution in [-0.2, 0) is 9.53 Å². The van der Waals surface area contributed by atoms with Crippen LogP contribution >= 0.6 is 0 Å². The van der Waals surface area contributed by atoms with Crippen LogP contribution < -0.4 is 0 Å². The summed E-state index contributed by atoms with van der Waals surface area (Å²) in [6, 6.07) is 0.608. The van der Waals surface area contributed by atoms with Crippen molar-refractivity contribution in [3.8, 4) is 0 Å². The molecule has 22 heavy (non-hydrogen) atoms. The largest absolute Gasteiger partial charge is 0.383 e. The fourth-order valence-electron chi connectivity index (χ4n) is 4.68. The molecular weight excluding hydrogens is 276 g/mol. The maximum absolute atomic E-state index is 12.3. The summed E-state index contributed by atoms with van der Waals surface area (Å²) in [6.07, 6.45) is 10.0. The van der Waals surface area contributed by atoms with Gasteiger partial charge in [-0.3, -0.25) is 9.69 Å². The molecule has 4 aliphatic rings. The molecule has 0 aromatic carbocycles. The van der Waals surface area contributed by atoms with Gasteiger partial charge in [-0.1, -0.05) is 0 Å². The third-order valence-electron chi connectivity index (χ3n) is 6.44. The number of carbonyl (C=O) groups excluding carboxylic acids is 1. The van der Waals surface area contributed by atoms with Crippen molar-refractivity contribution in [2.75, 3.05) is 33.4 Å². The van der Waals surface area contributed by atoms with E-state index in [0.717, 1.165) is 38.5 Å². The van der Waals surface area contributed by atoms with E-state index in [9.17, 15) is 4.79 Å². The molecule has 4 heteroatoms. The number of ether oxygens (including phenoxy) is 1. The number of likely N-dealkylation sites (tertiary alicyclic amines) is 2. The van der Waals surface area contributed by atoms with E-state index in [0.29, 0.717) is 23.4 Å². The molecular formula is C18H30N2O2. The number of rotatable bonds is 5. The second kappa shape index (κ2) is 5.79. The first-order valence-electron chi connectivity index (χ1n) is 9.26. The third kappa shape index (κ3) is 2.80. The first-order chi connectivity index (χ1) is 10.7. The van der Waals surface area contributed by atoms with Crippen LogP contribution in [0.1, 0.15) is 51.4 Å². The highest BCUT2D eigenvalue weighted by atomic mass is 16.5. The molecule has 1 amide bonds. The molecule has 2 aliphatic heterocycles. The van der Waals surface area contributed by atoms with Crippen molar-refractivity contribution in [3.63, 3.8) is 0 Å². The van der Waals surface area contributed by atoms with E-state index in [1.807, 2.05) is 7.11 Å². The minimum Gasteiger partial charge on any atom is -0.383 e. The summed E-state index contributed by atoms with van der Waals surface area (Å²) < 4.78 is 5.48. The van der Waals surface area contributed by atoms with Crippen LogP contribution in [0.5, 0.6) is 0 Å². The van der Waals surface area contributed by atoms with Crippen LogP contribution in [0.3, 0.4) is 0 Å². The minimum atomic E-state index is 0.367. The zero-order chi connectivity index (χ0) is 15.2. The standard InChI is InChI=1S/C18H30N2O2/c1-22-13-16-6-7-18(20(16)12-14-2-3-14)8-10-19(11-9-18)17(21)15-4-5-15/h14-16H,2-13H2,1H3/t16-/m0/s1. The molecule has 2 saturated heterocycles. The molecule has 4 fully saturated rings. The lowest BCUT2D eigenvalue weighted by Gasteiger charge is -2.47. The third-order valence-corrected chi connectivity index (χ3v) is 6.44. The van der Waals surface area contributed by atoms with Gasteiger partial charge in [0.25, 0.3) is 0 Å². The Morgan fingerprint density at radius 3 is 2.41 bits per heavy atom. The van der Waals surface area contributed by atoms with Gasteiger partial charge in [0.1, 0.15) is 0 Å². The molecule has 2 heterocycles. The van der Waals surface area contributed by atoms with Crippen molar-refractivity contribution >= 4 is 5.91 Å². The van der Waals surface area contributed by atoms with E-state index in [1.54, 1.807) is 0 Å². The Bertz CT molecular complexity index is 423. The molecule has 0 aromatic rings. The fourth-order valence-corrected chi connectivity index (χ4v) is 4.68. The summed E-state index contributed by atoms with van der Waals surface area (Å²) in [6.45, 7) is 4.11. The van der Waals surface area contributed by atoms with E-state index >= 15 is 0 Å². The first-order valence-corrected chi connectivity index (χ1v) is 9.26. The zero-order valence-corrected chi connectivity index (χ0v) is 13.9. The number of hydrogen-bond donors (Lipinski definition) is 0. The molecule has 0 N–H and O–H groups in total. The average Bonchev–Trinajstić information content (AvgIpc) is 3.43. The summed E-state index contributed by atoms with van der Waals surface area (Å²) in [5, 5.41) is 0. The molecule has 4 rings (SSSR count). The topological polar surface area (TPSA) is 32.8 Å². The van der Waals surface area contributed by atoms with Crippen molar-refractivity contribution in [1.29, 1.82) is 0 Å². The van der Waals surface area contributed by atoms with Crippen molar-refractivity contribution in [1.82, 2.24) is 9.80 Å². The highest BCUT2D eigenvalue weighted by Gasteiger charge is 2.49. The SMILES string of the molecule is COC[C@@H]1CCC2(CCN(C(=O)C3CC3)CC2)N1CC1CC1. The lowest BCUT2D eigenvalue weighted by Crippen LogP contribution is -2.56.